The molecule has 1 unspecified atom stereocenters. The Kier molecular flexibility index (Phi) is 5.69. The van der Waals surface area contributed by atoms with Crippen LogP contribution in [0.25, 0.3) is 0 Å². The van der Waals surface area contributed by atoms with E-state index in [9.17, 15) is 4.79 Å². The Balaban J connectivity index is 0.00000192. The number of piperazine rings is 1. The number of nitrogens with one attached hydrogen (secondary N) is 2. The molecule has 5 aliphatic rings. The van der Waals surface area contributed by atoms with Crippen molar-refractivity contribution < 1.29 is 9.32 Å². The summed E-state index contributed by atoms with van der Waals surface area (Å²) < 4.78 is 5.43. The summed E-state index contributed by atoms with van der Waals surface area (Å²) in [7, 11) is 2.09. The van der Waals surface area contributed by atoms with Crippen LogP contribution in [0.3, 0.4) is 0 Å². The smallest absolute Gasteiger partial charge is 0.228 e. The molecular formula is C20H32ClN5O2. The van der Waals surface area contributed by atoms with Crippen molar-refractivity contribution in [2.24, 2.45) is 23.2 Å². The topological polar surface area (TPSA) is 83.3 Å². The highest BCUT2D eigenvalue weighted by Crippen LogP contribution is 2.60. The fourth-order valence-electron chi connectivity index (χ4n) is 6.46. The van der Waals surface area contributed by atoms with Gasteiger partial charge in [-0.2, -0.15) is 4.98 Å². The monoisotopic (exact) mass is 409 g/mol. The van der Waals surface area contributed by atoms with Crippen LogP contribution >= 0.6 is 12.4 Å². The van der Waals surface area contributed by atoms with E-state index in [-0.39, 0.29) is 29.8 Å². The van der Waals surface area contributed by atoms with Gasteiger partial charge in [-0.25, -0.2) is 0 Å². The Labute approximate surface area is 172 Å². The molecule has 2 heterocycles. The molecule has 6 rings (SSSR count). The van der Waals surface area contributed by atoms with Crippen molar-refractivity contribution in [3.05, 3.63) is 11.7 Å². The highest BCUT2D eigenvalue weighted by atomic mass is 35.5. The number of halogens is 1. The van der Waals surface area contributed by atoms with Crippen molar-refractivity contribution in [1.82, 2.24) is 25.7 Å². The number of nitrogens with zero attached hydrogens (tertiary/aromatic N) is 3. The summed E-state index contributed by atoms with van der Waals surface area (Å²) in [6.45, 7) is 3.41. The zero-order valence-corrected chi connectivity index (χ0v) is 17.5. The molecule has 0 aromatic carbocycles. The molecule has 1 saturated heterocycles. The SMILES string of the molecule is CN1CCNCC1c1noc(CCNC(=O)C23CC4CC(CC(C4)C2)C3)n1.Cl. The van der Waals surface area contributed by atoms with E-state index < -0.39 is 0 Å². The maximum absolute atomic E-state index is 13.0. The predicted molar refractivity (Wildman–Crippen MR) is 107 cm³/mol. The molecule has 1 amide bonds. The van der Waals surface area contributed by atoms with E-state index in [1.807, 2.05) is 0 Å². The first kappa shape index (κ1) is 20.1. The molecule has 7 nitrogen and oxygen atoms in total. The zero-order valence-electron chi connectivity index (χ0n) is 16.7. The minimum atomic E-state index is -0.0781. The summed E-state index contributed by atoms with van der Waals surface area (Å²) >= 11 is 0. The Hall–Kier alpha value is -1.18. The van der Waals surface area contributed by atoms with Crippen molar-refractivity contribution in [3.8, 4) is 0 Å². The van der Waals surface area contributed by atoms with Gasteiger partial charge in [-0.15, -0.1) is 12.4 Å². The second kappa shape index (κ2) is 7.92. The van der Waals surface area contributed by atoms with Crippen molar-refractivity contribution in [2.75, 3.05) is 33.2 Å². The number of carbonyl (C=O) groups is 1. The van der Waals surface area contributed by atoms with E-state index in [4.69, 9.17) is 4.52 Å². The fourth-order valence-corrected chi connectivity index (χ4v) is 6.46. The zero-order chi connectivity index (χ0) is 18.4. The van der Waals surface area contributed by atoms with Gasteiger partial charge < -0.3 is 15.2 Å². The van der Waals surface area contributed by atoms with E-state index >= 15 is 0 Å². The van der Waals surface area contributed by atoms with Crippen molar-refractivity contribution in [2.45, 2.75) is 51.0 Å². The Bertz CT molecular complexity index is 673. The van der Waals surface area contributed by atoms with E-state index in [1.165, 1.54) is 19.3 Å². The molecule has 4 aliphatic carbocycles. The van der Waals surface area contributed by atoms with Crippen LogP contribution in [0.2, 0.25) is 0 Å². The van der Waals surface area contributed by atoms with Gasteiger partial charge >= 0.3 is 0 Å². The lowest BCUT2D eigenvalue weighted by Gasteiger charge is -2.55. The molecule has 4 bridgehead atoms. The van der Waals surface area contributed by atoms with E-state index in [0.717, 1.165) is 62.5 Å². The number of rotatable bonds is 5. The van der Waals surface area contributed by atoms with Gasteiger partial charge in [-0.3, -0.25) is 9.69 Å². The minimum absolute atomic E-state index is 0. The van der Waals surface area contributed by atoms with Gasteiger partial charge in [0.2, 0.25) is 11.8 Å². The predicted octanol–water partition coefficient (Wildman–Crippen LogP) is 1.94. The third kappa shape index (κ3) is 3.68. The van der Waals surface area contributed by atoms with Gasteiger partial charge in [0.25, 0.3) is 0 Å². The summed E-state index contributed by atoms with van der Waals surface area (Å²) in [5.41, 5.74) is -0.0781. The molecule has 2 N–H and O–H groups in total. The summed E-state index contributed by atoms with van der Waals surface area (Å²) in [6.07, 6.45) is 8.02. The van der Waals surface area contributed by atoms with Gasteiger partial charge in [-0.1, -0.05) is 5.16 Å². The number of likely N-dealkylation sites (N-methyl/N-ethyl adjacent to an activating group) is 1. The average Bonchev–Trinajstić information content (AvgIpc) is 3.09. The van der Waals surface area contributed by atoms with Crippen molar-refractivity contribution in [3.63, 3.8) is 0 Å². The molecule has 4 saturated carbocycles. The van der Waals surface area contributed by atoms with Crippen LogP contribution in [0, 0.1) is 23.2 Å². The van der Waals surface area contributed by atoms with Crippen LogP contribution in [0.5, 0.6) is 0 Å². The second-order valence-corrected chi connectivity index (χ2v) is 9.45. The highest BCUT2D eigenvalue weighted by molar-refractivity contribution is 5.85. The molecule has 0 spiro atoms. The second-order valence-electron chi connectivity index (χ2n) is 9.45. The van der Waals surface area contributed by atoms with E-state index in [2.05, 4.69) is 32.7 Å². The number of amides is 1. The third-order valence-corrected chi connectivity index (χ3v) is 7.44. The first-order valence-electron chi connectivity index (χ1n) is 10.6. The average molecular weight is 410 g/mol. The Morgan fingerprint density at radius 2 is 1.93 bits per heavy atom. The quantitative estimate of drug-likeness (QED) is 0.773. The normalized spacial score (nSPS) is 36.9. The molecule has 8 heteroatoms. The summed E-state index contributed by atoms with van der Waals surface area (Å²) in [5.74, 6) is 4.02. The molecule has 5 fully saturated rings. The van der Waals surface area contributed by atoms with Gasteiger partial charge in [0.15, 0.2) is 5.82 Å². The molecule has 1 aliphatic heterocycles. The molecule has 156 valence electrons. The molecule has 1 aromatic heterocycles. The highest BCUT2D eigenvalue weighted by Gasteiger charge is 2.54. The summed E-state index contributed by atoms with van der Waals surface area (Å²) in [4.78, 5) is 19.8. The van der Waals surface area contributed by atoms with Crippen LogP contribution in [0.4, 0.5) is 0 Å². The van der Waals surface area contributed by atoms with Gasteiger partial charge in [0, 0.05) is 38.0 Å². The first-order chi connectivity index (χ1) is 13.1. The van der Waals surface area contributed by atoms with Gasteiger partial charge in [0.1, 0.15) is 0 Å². The third-order valence-electron chi connectivity index (χ3n) is 7.44. The number of hydrogen-bond donors (Lipinski definition) is 2. The standard InChI is InChI=1S/C20H31N5O2.ClH/c1-25-5-4-21-12-16(25)18-23-17(27-24-18)2-3-22-19(26)20-9-13-6-14(10-20)8-15(7-13)11-20;/h13-16,21H,2-12H2,1H3,(H,22,26);1H. The number of hydrogen-bond acceptors (Lipinski definition) is 6. The van der Waals surface area contributed by atoms with E-state index in [1.54, 1.807) is 0 Å². The van der Waals surface area contributed by atoms with Crippen molar-refractivity contribution in [1.29, 1.82) is 0 Å². The molecular weight excluding hydrogens is 378 g/mol. The van der Waals surface area contributed by atoms with Gasteiger partial charge in [-0.05, 0) is 63.3 Å². The maximum Gasteiger partial charge on any atom is 0.228 e. The van der Waals surface area contributed by atoms with E-state index in [0.29, 0.717) is 18.9 Å². The summed E-state index contributed by atoms with van der Waals surface area (Å²) in [5, 5.41) is 10.7. The molecule has 0 radical (unpaired) electrons. The summed E-state index contributed by atoms with van der Waals surface area (Å²) in [6, 6.07) is 0.165. The van der Waals surface area contributed by atoms with Crippen LogP contribution in [0.1, 0.15) is 56.3 Å². The minimum Gasteiger partial charge on any atom is -0.355 e. The lowest BCUT2D eigenvalue weighted by molar-refractivity contribution is -0.146. The maximum atomic E-state index is 13.0. The van der Waals surface area contributed by atoms with Crippen LogP contribution < -0.4 is 10.6 Å². The van der Waals surface area contributed by atoms with Crippen LogP contribution in [-0.2, 0) is 11.2 Å². The molecule has 1 atom stereocenters. The Morgan fingerprint density at radius 3 is 2.57 bits per heavy atom. The fraction of sp³-hybridized carbons (Fsp3) is 0.850. The molecule has 28 heavy (non-hydrogen) atoms. The van der Waals surface area contributed by atoms with Crippen LogP contribution in [-0.4, -0.2) is 54.2 Å². The largest absolute Gasteiger partial charge is 0.355 e. The van der Waals surface area contributed by atoms with Gasteiger partial charge in [0.05, 0.1) is 6.04 Å². The number of carbonyl (C=O) groups excluding carboxylic acids is 1. The lowest BCUT2D eigenvalue weighted by Crippen LogP contribution is -2.53. The lowest BCUT2D eigenvalue weighted by atomic mass is 9.49. The molecule has 1 aromatic rings. The Morgan fingerprint density at radius 1 is 1.25 bits per heavy atom. The van der Waals surface area contributed by atoms with Crippen molar-refractivity contribution >= 4 is 18.3 Å². The number of aromatic nitrogens is 2. The van der Waals surface area contributed by atoms with Crippen LogP contribution in [0.15, 0.2) is 4.52 Å². The first-order valence-corrected chi connectivity index (χ1v) is 10.6.